The van der Waals surface area contributed by atoms with Gasteiger partial charge in [0, 0.05) is 22.9 Å². The maximum Gasteiger partial charge on any atom is 0.364 e. The van der Waals surface area contributed by atoms with Gasteiger partial charge in [-0.2, -0.15) is 14.0 Å². The molecule has 0 amide bonds. The van der Waals surface area contributed by atoms with Crippen molar-refractivity contribution < 1.29 is 13.0 Å². The first-order chi connectivity index (χ1) is 8.18. The van der Waals surface area contributed by atoms with Gasteiger partial charge in [0.1, 0.15) is 5.69 Å². The fraction of sp³-hybridized carbons (Fsp3) is 0.300. The van der Waals surface area contributed by atoms with Crippen LogP contribution in [-0.4, -0.2) is 20.3 Å². The molecule has 0 radical (unpaired) electrons. The average molecular weight is 294 g/mol. The Morgan fingerprint density at radius 2 is 2.22 bits per heavy atom. The molecule has 0 aliphatic heterocycles. The zero-order valence-electron chi connectivity index (χ0n) is 9.58. The maximum atomic E-state index is 12.7. The Morgan fingerprint density at radius 1 is 1.61 bits per heavy atom. The summed E-state index contributed by atoms with van der Waals surface area (Å²) in [6.45, 7) is 1.53. The molecule has 1 unspecified atom stereocenters. The molecule has 0 spiro atoms. The molecule has 98 valence electrons. The number of pyridine rings is 1. The number of halogens is 3. The Kier molecular flexibility index (Phi) is 4.14. The molecule has 0 aliphatic rings. The Hall–Kier alpha value is -1.39. The van der Waals surface area contributed by atoms with Crippen LogP contribution in [0.1, 0.15) is 18.2 Å². The summed E-state index contributed by atoms with van der Waals surface area (Å²) < 4.78 is 39.6. The Labute approximate surface area is 109 Å². The van der Waals surface area contributed by atoms with Crippen molar-refractivity contribution in [2.75, 3.05) is 6.26 Å². The monoisotopic (exact) mass is 293 g/mol. The van der Waals surface area contributed by atoms with Gasteiger partial charge in [-0.15, -0.1) is 0 Å². The van der Waals surface area contributed by atoms with Crippen LogP contribution in [0.3, 0.4) is 0 Å². The van der Waals surface area contributed by atoms with Gasteiger partial charge in [-0.05, 0) is 24.6 Å². The fourth-order valence-electron chi connectivity index (χ4n) is 1.16. The van der Waals surface area contributed by atoms with E-state index in [1.54, 1.807) is 6.19 Å². The van der Waals surface area contributed by atoms with Crippen LogP contribution < -0.4 is 4.72 Å². The van der Waals surface area contributed by atoms with Crippen molar-refractivity contribution in [3.8, 4) is 6.19 Å². The predicted molar refractivity (Wildman–Crippen MR) is 66.6 cm³/mol. The number of alkyl halides is 3. The number of nitrogens with one attached hydrogen (secondary N) is 1. The molecule has 1 aromatic rings. The van der Waals surface area contributed by atoms with Gasteiger partial charge in [0.15, 0.2) is 6.19 Å². The summed E-state index contributed by atoms with van der Waals surface area (Å²) in [6.07, 6.45) is 4.07. The molecule has 1 atom stereocenters. The van der Waals surface area contributed by atoms with Gasteiger partial charge in [0.2, 0.25) is 0 Å². The standard InChI is InChI=1S/C10H10ClF2N3OS/c1-7(18(2,17)16-6-14)8-3-4-9(15-5-8)10(11,12)13/h3-5H,1-2H3,(H,16,17). The first-order valence-corrected chi connectivity index (χ1v) is 7.05. The quantitative estimate of drug-likeness (QED) is 0.304. The van der Waals surface area contributed by atoms with Crippen molar-refractivity contribution in [3.05, 3.63) is 29.6 Å². The number of aromatic nitrogens is 1. The molecule has 0 fully saturated rings. The average Bonchev–Trinajstić information content (AvgIpc) is 2.27. The molecular weight excluding hydrogens is 284 g/mol. The molecule has 0 aromatic carbocycles. The van der Waals surface area contributed by atoms with Gasteiger partial charge in [-0.1, -0.05) is 6.07 Å². The second-order valence-corrected chi connectivity index (χ2v) is 6.52. The lowest BCUT2D eigenvalue weighted by Crippen LogP contribution is -2.24. The zero-order valence-corrected chi connectivity index (χ0v) is 11.1. The van der Waals surface area contributed by atoms with Crippen LogP contribution in [0.15, 0.2) is 18.3 Å². The number of hydrogen-bond donors (Lipinski definition) is 1. The van der Waals surface area contributed by atoms with Gasteiger partial charge < -0.3 is 0 Å². The third-order valence-electron chi connectivity index (χ3n) is 2.29. The highest BCUT2D eigenvalue weighted by atomic mass is 35.5. The molecule has 0 aliphatic carbocycles. The van der Waals surface area contributed by atoms with Gasteiger partial charge in [-0.25, -0.2) is 8.93 Å². The third-order valence-corrected chi connectivity index (χ3v) is 4.36. The normalized spacial score (nSPS) is 14.4. The van der Waals surface area contributed by atoms with E-state index in [1.165, 1.54) is 19.2 Å². The topological polar surface area (TPSA) is 65.8 Å². The lowest BCUT2D eigenvalue weighted by Gasteiger charge is -2.10. The van der Waals surface area contributed by atoms with Crippen LogP contribution >= 0.6 is 11.6 Å². The fourth-order valence-corrected chi connectivity index (χ4v) is 2.17. The number of nitriles is 1. The Morgan fingerprint density at radius 3 is 2.61 bits per heavy atom. The third kappa shape index (κ3) is 3.31. The van der Waals surface area contributed by atoms with E-state index in [0.717, 1.165) is 12.3 Å². The van der Waals surface area contributed by atoms with E-state index in [-0.39, 0.29) is 0 Å². The molecule has 1 aromatic heterocycles. The second kappa shape index (κ2) is 5.08. The van der Waals surface area contributed by atoms with E-state index in [9.17, 15) is 13.0 Å². The van der Waals surface area contributed by atoms with Gasteiger partial charge in [0.25, 0.3) is 0 Å². The van der Waals surface area contributed by atoms with Crippen LogP contribution in [0.4, 0.5) is 8.78 Å². The number of rotatable bonds is 3. The van der Waals surface area contributed by atoms with Crippen molar-refractivity contribution in [2.24, 2.45) is 0 Å². The van der Waals surface area contributed by atoms with Crippen LogP contribution in [0, 0.1) is 11.5 Å². The molecule has 8 heteroatoms. The van der Waals surface area contributed by atoms with E-state index in [0.29, 0.717) is 10.4 Å². The first-order valence-electron chi connectivity index (χ1n) is 4.70. The van der Waals surface area contributed by atoms with Crippen LogP contribution in [-0.2, 0) is 15.1 Å². The minimum Gasteiger partial charge on any atom is -0.253 e. The van der Waals surface area contributed by atoms with Crippen molar-refractivity contribution >= 4 is 26.2 Å². The largest absolute Gasteiger partial charge is 0.364 e. The van der Waals surface area contributed by atoms with Crippen molar-refractivity contribution in [3.63, 3.8) is 0 Å². The SMILES string of the molecule is CC(c1ccc(C(F)(F)Cl)nc1)=S(C)(=O)NC#N. The summed E-state index contributed by atoms with van der Waals surface area (Å²) in [5.74, 6) is 0. The molecule has 1 N–H and O–H groups in total. The predicted octanol–water partition coefficient (Wildman–Crippen LogP) is 1.81. The van der Waals surface area contributed by atoms with E-state index >= 15 is 0 Å². The summed E-state index contributed by atoms with van der Waals surface area (Å²) in [5, 5.41) is 4.93. The highest BCUT2D eigenvalue weighted by Gasteiger charge is 2.29. The minimum atomic E-state index is -3.54. The summed E-state index contributed by atoms with van der Waals surface area (Å²) in [7, 11) is -2.72. The first kappa shape index (κ1) is 14.7. The lowest BCUT2D eigenvalue weighted by molar-refractivity contribution is 0.0900. The highest BCUT2D eigenvalue weighted by molar-refractivity contribution is 8.00. The molecule has 0 saturated heterocycles. The number of hydrogen-bond acceptors (Lipinski definition) is 3. The van der Waals surface area contributed by atoms with Crippen molar-refractivity contribution in [2.45, 2.75) is 12.3 Å². The van der Waals surface area contributed by atoms with Crippen molar-refractivity contribution in [1.29, 1.82) is 5.26 Å². The second-order valence-electron chi connectivity index (χ2n) is 3.54. The maximum absolute atomic E-state index is 12.7. The smallest absolute Gasteiger partial charge is 0.253 e. The summed E-state index contributed by atoms with van der Waals surface area (Å²) in [4.78, 5) is 3.85. The van der Waals surface area contributed by atoms with E-state index < -0.39 is 20.8 Å². The minimum absolute atomic E-state index is 0.348. The Bertz CT molecular complexity index is 595. The zero-order chi connectivity index (χ0) is 14.0. The number of nitrogens with zero attached hydrogens (tertiary/aromatic N) is 2. The van der Waals surface area contributed by atoms with Crippen LogP contribution in [0.5, 0.6) is 0 Å². The molecule has 18 heavy (non-hydrogen) atoms. The summed E-state index contributed by atoms with van der Waals surface area (Å²) in [6, 6.07) is 2.38. The summed E-state index contributed by atoms with van der Waals surface area (Å²) in [5.41, 5.74) is -0.188. The van der Waals surface area contributed by atoms with E-state index in [2.05, 4.69) is 9.71 Å². The van der Waals surface area contributed by atoms with Gasteiger partial charge in [-0.3, -0.25) is 4.98 Å². The van der Waals surface area contributed by atoms with Gasteiger partial charge in [0.05, 0.1) is 9.71 Å². The Balaban J connectivity index is 3.23. The molecule has 0 saturated carbocycles. The summed E-state index contributed by atoms with van der Waals surface area (Å²) >= 11 is 4.82. The molecule has 0 bridgehead atoms. The van der Waals surface area contributed by atoms with E-state index in [1.807, 2.05) is 0 Å². The van der Waals surface area contributed by atoms with Crippen LogP contribution in [0.2, 0.25) is 0 Å². The van der Waals surface area contributed by atoms with Gasteiger partial charge >= 0.3 is 5.38 Å². The molecule has 1 heterocycles. The highest BCUT2D eigenvalue weighted by Crippen LogP contribution is 2.30. The molecular formula is C10H10ClF2N3OS. The van der Waals surface area contributed by atoms with Crippen LogP contribution in [0.25, 0.3) is 0 Å². The molecule has 4 nitrogen and oxygen atoms in total. The van der Waals surface area contributed by atoms with E-state index in [4.69, 9.17) is 16.9 Å². The molecule has 1 rings (SSSR count). The van der Waals surface area contributed by atoms with Crippen molar-refractivity contribution in [1.82, 2.24) is 9.71 Å². The lowest BCUT2D eigenvalue weighted by atomic mass is 10.2.